The third-order valence-electron chi connectivity index (χ3n) is 6.49. The Morgan fingerprint density at radius 1 is 1.06 bits per heavy atom. The molecule has 4 rings (SSSR count). The molecule has 2 aliphatic carbocycles. The SMILES string of the molecule is CCC[C@H](NC(=O)OCC1c2ccccc2-c2ccccc21)C(=O)NCC1C(C(=O)O)C1(F)F. The number of halogens is 2. The van der Waals surface area contributed by atoms with Crippen LogP contribution >= 0.6 is 0 Å². The topological polar surface area (TPSA) is 105 Å². The van der Waals surface area contributed by atoms with E-state index in [0.717, 1.165) is 22.3 Å². The van der Waals surface area contributed by atoms with Gasteiger partial charge in [0.2, 0.25) is 5.91 Å². The minimum atomic E-state index is -3.35. The van der Waals surface area contributed by atoms with Crippen LogP contribution in [0.15, 0.2) is 48.5 Å². The molecule has 2 amide bonds. The van der Waals surface area contributed by atoms with E-state index in [1.54, 1.807) is 0 Å². The van der Waals surface area contributed by atoms with Crippen molar-refractivity contribution in [2.45, 2.75) is 37.6 Å². The molecular formula is C25H26F2N2O5. The second-order valence-corrected chi connectivity index (χ2v) is 8.65. The summed E-state index contributed by atoms with van der Waals surface area (Å²) in [7, 11) is 0. The molecule has 7 nitrogen and oxygen atoms in total. The molecule has 3 atom stereocenters. The second-order valence-electron chi connectivity index (χ2n) is 8.65. The molecule has 0 radical (unpaired) electrons. The number of ether oxygens (including phenoxy) is 1. The lowest BCUT2D eigenvalue weighted by Crippen LogP contribution is -2.47. The zero-order chi connectivity index (χ0) is 24.5. The van der Waals surface area contributed by atoms with Gasteiger partial charge in [0, 0.05) is 12.5 Å². The van der Waals surface area contributed by atoms with E-state index >= 15 is 0 Å². The van der Waals surface area contributed by atoms with Crippen LogP contribution in [-0.4, -0.2) is 48.2 Å². The molecule has 34 heavy (non-hydrogen) atoms. The van der Waals surface area contributed by atoms with Gasteiger partial charge in [-0.15, -0.1) is 0 Å². The van der Waals surface area contributed by atoms with E-state index in [1.807, 2.05) is 55.5 Å². The zero-order valence-corrected chi connectivity index (χ0v) is 18.6. The molecular weight excluding hydrogens is 446 g/mol. The maximum Gasteiger partial charge on any atom is 0.407 e. The van der Waals surface area contributed by atoms with Crippen LogP contribution in [0.25, 0.3) is 11.1 Å². The summed E-state index contributed by atoms with van der Waals surface area (Å²) < 4.78 is 32.6. The first-order valence-corrected chi connectivity index (χ1v) is 11.3. The first kappa shape index (κ1) is 23.7. The first-order valence-electron chi connectivity index (χ1n) is 11.3. The molecule has 2 aromatic rings. The van der Waals surface area contributed by atoms with Gasteiger partial charge in [-0.3, -0.25) is 9.59 Å². The standard InChI is InChI=1S/C25H26F2N2O5/c1-2-7-20(22(30)28-12-19-21(23(31)32)25(19,26)27)29-24(33)34-13-18-16-10-5-3-8-14(16)15-9-4-6-11-17(15)18/h3-6,8-11,18-21H,2,7,12-13H2,1H3,(H,28,30)(H,29,33)(H,31,32)/t19?,20-,21?/m0/s1. The van der Waals surface area contributed by atoms with Gasteiger partial charge in [-0.05, 0) is 28.7 Å². The van der Waals surface area contributed by atoms with Crippen molar-refractivity contribution in [2.24, 2.45) is 11.8 Å². The molecule has 1 saturated carbocycles. The predicted octanol–water partition coefficient (Wildman–Crippen LogP) is 3.78. The number of alkyl carbamates (subject to hydrolysis) is 1. The van der Waals surface area contributed by atoms with E-state index in [2.05, 4.69) is 10.6 Å². The molecule has 0 bridgehead atoms. The van der Waals surface area contributed by atoms with Crippen molar-refractivity contribution in [3.05, 3.63) is 59.7 Å². The van der Waals surface area contributed by atoms with Crippen LogP contribution in [0.4, 0.5) is 13.6 Å². The zero-order valence-electron chi connectivity index (χ0n) is 18.6. The summed E-state index contributed by atoms with van der Waals surface area (Å²) in [6.07, 6.45) is 0.0500. The van der Waals surface area contributed by atoms with Crippen LogP contribution in [0, 0.1) is 11.8 Å². The quantitative estimate of drug-likeness (QED) is 0.515. The third-order valence-corrected chi connectivity index (χ3v) is 6.49. The van der Waals surface area contributed by atoms with Crippen molar-refractivity contribution >= 4 is 18.0 Å². The van der Waals surface area contributed by atoms with Crippen LogP contribution in [0.1, 0.15) is 36.8 Å². The molecule has 2 aromatic carbocycles. The second kappa shape index (κ2) is 9.40. The predicted molar refractivity (Wildman–Crippen MR) is 119 cm³/mol. The van der Waals surface area contributed by atoms with Crippen molar-refractivity contribution in [3.8, 4) is 11.1 Å². The number of carboxylic acids is 1. The van der Waals surface area contributed by atoms with Gasteiger partial charge in [0.1, 0.15) is 18.6 Å². The largest absolute Gasteiger partial charge is 0.481 e. The Morgan fingerprint density at radius 3 is 2.18 bits per heavy atom. The normalized spacial score (nSPS) is 20.6. The maximum atomic E-state index is 13.6. The summed E-state index contributed by atoms with van der Waals surface area (Å²) in [6, 6.07) is 14.8. The molecule has 0 aliphatic heterocycles. The van der Waals surface area contributed by atoms with Crippen LogP contribution < -0.4 is 10.6 Å². The van der Waals surface area contributed by atoms with Gasteiger partial charge < -0.3 is 20.5 Å². The molecule has 2 aliphatic rings. The highest BCUT2D eigenvalue weighted by Crippen LogP contribution is 2.54. The summed E-state index contributed by atoms with van der Waals surface area (Å²) in [6.45, 7) is 1.42. The number of hydrogen-bond donors (Lipinski definition) is 3. The molecule has 180 valence electrons. The van der Waals surface area contributed by atoms with Gasteiger partial charge >= 0.3 is 12.1 Å². The number of amides is 2. The minimum Gasteiger partial charge on any atom is -0.481 e. The van der Waals surface area contributed by atoms with E-state index in [1.165, 1.54) is 0 Å². The number of alkyl halides is 2. The number of aliphatic carboxylic acids is 1. The average molecular weight is 472 g/mol. The fourth-order valence-corrected chi connectivity index (χ4v) is 4.65. The highest BCUT2D eigenvalue weighted by Gasteiger charge is 2.72. The van der Waals surface area contributed by atoms with Gasteiger partial charge in [0.25, 0.3) is 5.92 Å². The molecule has 9 heteroatoms. The summed E-state index contributed by atoms with van der Waals surface area (Å²) in [5.41, 5.74) is 4.29. The highest BCUT2D eigenvalue weighted by molar-refractivity contribution is 5.86. The van der Waals surface area contributed by atoms with E-state index < -0.39 is 48.3 Å². The van der Waals surface area contributed by atoms with Crippen LogP contribution in [0.3, 0.4) is 0 Å². The molecule has 3 N–H and O–H groups in total. The Bertz CT molecular complexity index is 1060. The Hall–Kier alpha value is -3.49. The highest BCUT2D eigenvalue weighted by atomic mass is 19.3. The molecule has 0 spiro atoms. The summed E-state index contributed by atoms with van der Waals surface area (Å²) in [4.78, 5) is 35.9. The monoisotopic (exact) mass is 472 g/mol. The van der Waals surface area contributed by atoms with E-state index in [-0.39, 0.29) is 18.9 Å². The molecule has 0 saturated heterocycles. The summed E-state index contributed by atoms with van der Waals surface area (Å²) in [5, 5.41) is 13.7. The maximum absolute atomic E-state index is 13.6. The van der Waals surface area contributed by atoms with Crippen LogP contribution in [0.2, 0.25) is 0 Å². The number of nitrogens with one attached hydrogen (secondary N) is 2. The number of carbonyl (C=O) groups excluding carboxylic acids is 2. The lowest BCUT2D eigenvalue weighted by molar-refractivity contribution is -0.141. The molecule has 0 aromatic heterocycles. The minimum absolute atomic E-state index is 0.0783. The van der Waals surface area contributed by atoms with Gasteiger partial charge in [-0.2, -0.15) is 0 Å². The third kappa shape index (κ3) is 4.47. The van der Waals surface area contributed by atoms with Crippen molar-refractivity contribution in [2.75, 3.05) is 13.2 Å². The van der Waals surface area contributed by atoms with Crippen LogP contribution in [-0.2, 0) is 14.3 Å². The number of hydrogen-bond acceptors (Lipinski definition) is 4. The molecule has 0 heterocycles. The Kier molecular flexibility index (Phi) is 6.54. The van der Waals surface area contributed by atoms with Crippen molar-refractivity contribution < 1.29 is 33.0 Å². The molecule has 1 fully saturated rings. The Balaban J connectivity index is 1.34. The van der Waals surface area contributed by atoms with E-state index in [9.17, 15) is 23.2 Å². The fraction of sp³-hybridized carbons (Fsp3) is 0.400. The van der Waals surface area contributed by atoms with Crippen molar-refractivity contribution in [3.63, 3.8) is 0 Å². The summed E-state index contributed by atoms with van der Waals surface area (Å²) >= 11 is 0. The molecule has 2 unspecified atom stereocenters. The van der Waals surface area contributed by atoms with Gasteiger partial charge in [0.15, 0.2) is 0 Å². The van der Waals surface area contributed by atoms with Crippen molar-refractivity contribution in [1.29, 1.82) is 0 Å². The first-order chi connectivity index (χ1) is 16.3. The average Bonchev–Trinajstić information content (AvgIpc) is 3.23. The van der Waals surface area contributed by atoms with E-state index in [0.29, 0.717) is 6.42 Å². The van der Waals surface area contributed by atoms with Crippen molar-refractivity contribution in [1.82, 2.24) is 10.6 Å². The number of carbonyl (C=O) groups is 3. The fourth-order valence-electron chi connectivity index (χ4n) is 4.65. The van der Waals surface area contributed by atoms with Gasteiger partial charge in [-0.25, -0.2) is 13.6 Å². The van der Waals surface area contributed by atoms with Gasteiger partial charge in [0.05, 0.1) is 5.92 Å². The lowest BCUT2D eigenvalue weighted by Gasteiger charge is -2.19. The number of carboxylic acid groups (broad SMARTS) is 1. The van der Waals surface area contributed by atoms with Gasteiger partial charge in [-0.1, -0.05) is 61.9 Å². The van der Waals surface area contributed by atoms with Crippen LogP contribution in [0.5, 0.6) is 0 Å². The Labute approximate surface area is 195 Å². The number of fused-ring (bicyclic) bond motifs is 3. The smallest absolute Gasteiger partial charge is 0.407 e. The number of benzene rings is 2. The Morgan fingerprint density at radius 2 is 1.65 bits per heavy atom. The summed E-state index contributed by atoms with van der Waals surface area (Å²) in [5.74, 6) is -8.98. The van der Waals surface area contributed by atoms with E-state index in [4.69, 9.17) is 9.84 Å². The number of rotatable bonds is 9. The lowest BCUT2D eigenvalue weighted by atomic mass is 9.98.